The molecule has 0 saturated carbocycles. The zero-order valence-electron chi connectivity index (χ0n) is 10.1. The molecule has 0 fully saturated rings. The predicted molar refractivity (Wildman–Crippen MR) is 72.2 cm³/mol. The molecule has 1 aliphatic rings. The van der Waals surface area contributed by atoms with E-state index in [0.29, 0.717) is 21.9 Å². The zero-order valence-corrected chi connectivity index (χ0v) is 10.8. The summed E-state index contributed by atoms with van der Waals surface area (Å²) in [7, 11) is 0. The highest BCUT2D eigenvalue weighted by molar-refractivity contribution is 6.30. The van der Waals surface area contributed by atoms with E-state index in [1.54, 1.807) is 31.2 Å². The van der Waals surface area contributed by atoms with Crippen molar-refractivity contribution in [3.63, 3.8) is 0 Å². The molecule has 96 valence electrons. The summed E-state index contributed by atoms with van der Waals surface area (Å²) < 4.78 is 0. The number of ketones is 1. The Balaban J connectivity index is 2.08. The van der Waals surface area contributed by atoms with Gasteiger partial charge in [0.15, 0.2) is 5.78 Å². The highest BCUT2D eigenvalue weighted by Crippen LogP contribution is 2.11. The second kappa shape index (κ2) is 5.63. The van der Waals surface area contributed by atoms with Gasteiger partial charge in [-0.25, -0.2) is 4.79 Å². The van der Waals surface area contributed by atoms with Gasteiger partial charge in [-0.2, -0.15) is 0 Å². The first-order valence-electron chi connectivity index (χ1n) is 5.52. The molecule has 0 N–H and O–H groups in total. The maximum Gasteiger partial charge on any atom is 0.365 e. The Morgan fingerprint density at radius 1 is 1.21 bits per heavy atom. The quantitative estimate of drug-likeness (QED) is 0.474. The van der Waals surface area contributed by atoms with E-state index >= 15 is 0 Å². The molecule has 0 bridgehead atoms. The number of carbonyl (C=O) groups excluding carboxylic acids is 2. The second-order valence-electron chi connectivity index (χ2n) is 3.93. The first-order valence-corrected chi connectivity index (χ1v) is 5.89. The van der Waals surface area contributed by atoms with Crippen LogP contribution in [0.1, 0.15) is 17.3 Å². The Morgan fingerprint density at radius 3 is 2.53 bits per heavy atom. The molecule has 0 aromatic heterocycles. The Morgan fingerprint density at radius 2 is 1.89 bits per heavy atom. The lowest BCUT2D eigenvalue weighted by Gasteiger charge is -2.05. The average molecular weight is 276 g/mol. The van der Waals surface area contributed by atoms with Crippen molar-refractivity contribution in [2.45, 2.75) is 6.92 Å². The van der Waals surface area contributed by atoms with E-state index in [9.17, 15) is 9.59 Å². The van der Waals surface area contributed by atoms with Crippen LogP contribution in [0.15, 0.2) is 53.2 Å². The van der Waals surface area contributed by atoms with E-state index in [1.165, 1.54) is 18.2 Å². The van der Waals surface area contributed by atoms with Gasteiger partial charge >= 0.3 is 5.97 Å². The predicted octanol–water partition coefficient (Wildman–Crippen LogP) is 2.94. The van der Waals surface area contributed by atoms with Crippen molar-refractivity contribution < 1.29 is 14.4 Å². The Hall–Kier alpha value is -2.20. The third-order valence-corrected chi connectivity index (χ3v) is 2.73. The number of oxime groups is 1. The lowest BCUT2D eigenvalue weighted by atomic mass is 10.1. The minimum atomic E-state index is -0.581. The minimum Gasteiger partial charge on any atom is -0.312 e. The highest BCUT2D eigenvalue weighted by atomic mass is 35.5. The zero-order chi connectivity index (χ0) is 13.8. The van der Waals surface area contributed by atoms with Gasteiger partial charge < -0.3 is 4.84 Å². The fourth-order valence-corrected chi connectivity index (χ4v) is 1.59. The van der Waals surface area contributed by atoms with Crippen LogP contribution in [0.4, 0.5) is 0 Å². The average Bonchev–Trinajstić information content (AvgIpc) is 2.38. The number of benzene rings is 1. The van der Waals surface area contributed by atoms with Crippen LogP contribution in [0.2, 0.25) is 5.02 Å². The highest BCUT2D eigenvalue weighted by Gasteiger charge is 2.10. The summed E-state index contributed by atoms with van der Waals surface area (Å²) in [5.41, 5.74) is 1.45. The molecule has 5 heteroatoms. The monoisotopic (exact) mass is 275 g/mol. The molecule has 0 atom stereocenters. The lowest BCUT2D eigenvalue weighted by Crippen LogP contribution is -2.08. The molecule has 1 aliphatic carbocycles. The Bertz CT molecular complexity index is 612. The smallest absolute Gasteiger partial charge is 0.312 e. The van der Waals surface area contributed by atoms with Crippen LogP contribution in [0, 0.1) is 0 Å². The molecule has 0 saturated heterocycles. The molecule has 0 unspecified atom stereocenters. The Kier molecular flexibility index (Phi) is 3.92. The first kappa shape index (κ1) is 13.2. The maximum absolute atomic E-state index is 11.7. The van der Waals surface area contributed by atoms with Crippen LogP contribution in [0.25, 0.3) is 0 Å². The van der Waals surface area contributed by atoms with Crippen molar-refractivity contribution in [3.05, 3.63) is 58.7 Å². The number of rotatable bonds is 2. The number of allylic oxidation sites excluding steroid dienone is 4. The van der Waals surface area contributed by atoms with E-state index in [-0.39, 0.29) is 5.78 Å². The summed E-state index contributed by atoms with van der Waals surface area (Å²) in [5, 5.41) is 4.26. The van der Waals surface area contributed by atoms with Crippen molar-refractivity contribution in [1.29, 1.82) is 0 Å². The van der Waals surface area contributed by atoms with Crippen molar-refractivity contribution in [3.8, 4) is 0 Å². The van der Waals surface area contributed by atoms with E-state index < -0.39 is 5.97 Å². The summed E-state index contributed by atoms with van der Waals surface area (Å²) in [6, 6.07) is 6.28. The van der Waals surface area contributed by atoms with Gasteiger partial charge in [0.25, 0.3) is 0 Å². The molecule has 0 aliphatic heterocycles. The molecular formula is C14H10ClNO3. The number of halogens is 1. The van der Waals surface area contributed by atoms with Crippen molar-refractivity contribution in [1.82, 2.24) is 0 Å². The summed E-state index contributed by atoms with van der Waals surface area (Å²) in [6.45, 7) is 1.72. The van der Waals surface area contributed by atoms with Crippen LogP contribution < -0.4 is 0 Å². The van der Waals surface area contributed by atoms with E-state index in [1.807, 2.05) is 0 Å². The Labute approximate surface area is 115 Å². The van der Waals surface area contributed by atoms with Crippen LogP contribution in [0.5, 0.6) is 0 Å². The topological polar surface area (TPSA) is 55.7 Å². The van der Waals surface area contributed by atoms with Gasteiger partial charge in [0.2, 0.25) is 0 Å². The summed E-state index contributed by atoms with van der Waals surface area (Å²) in [6.07, 6.45) is 4.30. The van der Waals surface area contributed by atoms with E-state index in [4.69, 9.17) is 16.4 Å². The van der Waals surface area contributed by atoms with Gasteiger partial charge in [-0.05, 0) is 55.0 Å². The summed E-state index contributed by atoms with van der Waals surface area (Å²) in [4.78, 5) is 27.6. The molecule has 4 nitrogen and oxygen atoms in total. The third kappa shape index (κ3) is 3.39. The van der Waals surface area contributed by atoms with Gasteiger partial charge in [-0.3, -0.25) is 4.79 Å². The van der Waals surface area contributed by atoms with Gasteiger partial charge in [-0.15, -0.1) is 0 Å². The van der Waals surface area contributed by atoms with E-state index in [0.717, 1.165) is 0 Å². The van der Waals surface area contributed by atoms with Crippen LogP contribution in [-0.2, 0) is 9.63 Å². The maximum atomic E-state index is 11.7. The van der Waals surface area contributed by atoms with Crippen molar-refractivity contribution in [2.24, 2.45) is 5.16 Å². The number of carbonyl (C=O) groups is 2. The number of hydrogen-bond donors (Lipinski definition) is 0. The first-order chi connectivity index (χ1) is 9.06. The lowest BCUT2D eigenvalue weighted by molar-refractivity contribution is -0.110. The summed E-state index contributed by atoms with van der Waals surface area (Å²) in [5.74, 6) is -0.692. The largest absolute Gasteiger partial charge is 0.365 e. The molecule has 0 spiro atoms. The second-order valence-corrected chi connectivity index (χ2v) is 4.36. The fourth-order valence-electron chi connectivity index (χ4n) is 1.46. The molecule has 1 aromatic rings. The third-order valence-electron chi connectivity index (χ3n) is 2.48. The molecule has 0 heterocycles. The number of hydrogen-bond acceptors (Lipinski definition) is 4. The van der Waals surface area contributed by atoms with Crippen LogP contribution >= 0.6 is 11.6 Å². The molecular weight excluding hydrogens is 266 g/mol. The van der Waals surface area contributed by atoms with Crippen molar-refractivity contribution in [2.75, 3.05) is 0 Å². The summed E-state index contributed by atoms with van der Waals surface area (Å²) >= 11 is 5.72. The molecule has 19 heavy (non-hydrogen) atoms. The SMILES string of the molecule is CC1=CC(=O)C=C/C1=N\OC(=O)c1ccc(Cl)cc1. The van der Waals surface area contributed by atoms with Crippen molar-refractivity contribution >= 4 is 29.1 Å². The molecule has 0 amide bonds. The fraction of sp³-hybridized carbons (Fsp3) is 0.0714. The molecule has 1 aromatic carbocycles. The standard InChI is InChI=1S/C14H10ClNO3/c1-9-8-12(17)6-7-13(9)16-19-14(18)10-2-4-11(15)5-3-10/h2-8H,1H3/b16-13+. The van der Waals surface area contributed by atoms with Gasteiger partial charge in [0.05, 0.1) is 5.56 Å². The van der Waals surface area contributed by atoms with Gasteiger partial charge in [-0.1, -0.05) is 16.8 Å². The number of nitrogens with zero attached hydrogens (tertiary/aromatic N) is 1. The molecule has 2 rings (SSSR count). The van der Waals surface area contributed by atoms with Crippen LogP contribution in [0.3, 0.4) is 0 Å². The van der Waals surface area contributed by atoms with Gasteiger partial charge in [0.1, 0.15) is 5.71 Å². The van der Waals surface area contributed by atoms with Crippen LogP contribution in [-0.4, -0.2) is 17.5 Å². The van der Waals surface area contributed by atoms with E-state index in [2.05, 4.69) is 5.16 Å². The minimum absolute atomic E-state index is 0.111. The normalized spacial score (nSPS) is 16.4. The van der Waals surface area contributed by atoms with Gasteiger partial charge in [0, 0.05) is 5.02 Å². The molecule has 0 radical (unpaired) electrons.